The minimum absolute atomic E-state index is 0.0332. The molecule has 0 heterocycles. The fourth-order valence-electron chi connectivity index (χ4n) is 2.34. The molecule has 0 aliphatic heterocycles. The van der Waals surface area contributed by atoms with Crippen LogP contribution in [0.2, 0.25) is 0 Å². The molecule has 0 aromatic heterocycles. The van der Waals surface area contributed by atoms with Crippen molar-refractivity contribution in [2.45, 2.75) is 84.0 Å². The number of halogens is 1. The first-order valence-electron chi connectivity index (χ1n) is 9.10. The van der Waals surface area contributed by atoms with Gasteiger partial charge in [0.25, 0.3) is 0 Å². The van der Waals surface area contributed by atoms with Gasteiger partial charge in [-0.15, -0.1) is 0 Å². The lowest BCUT2D eigenvalue weighted by atomic mass is 10.1. The fourth-order valence-corrected chi connectivity index (χ4v) is 3.65. The summed E-state index contributed by atoms with van der Waals surface area (Å²) in [6, 6.07) is 0. The van der Waals surface area contributed by atoms with Gasteiger partial charge in [-0.25, -0.2) is 0 Å². The van der Waals surface area contributed by atoms with Gasteiger partial charge in [0, 0.05) is 16.8 Å². The zero-order valence-corrected chi connectivity index (χ0v) is 16.8. The Hall–Kier alpha value is 0.300. The van der Waals surface area contributed by atoms with Crippen LogP contribution < -0.4 is 0 Å². The van der Waals surface area contributed by atoms with Gasteiger partial charge < -0.3 is 4.74 Å². The van der Waals surface area contributed by atoms with Gasteiger partial charge >= 0.3 is 5.97 Å². The van der Waals surface area contributed by atoms with E-state index in [9.17, 15) is 4.79 Å². The maximum Gasteiger partial charge on any atom is 0.306 e. The maximum absolute atomic E-state index is 11.4. The zero-order valence-electron chi connectivity index (χ0n) is 14.4. The number of thioether (sulfide) groups is 1. The second-order valence-corrected chi connectivity index (χ2v) is 7.83. The lowest BCUT2D eigenvalue weighted by molar-refractivity contribution is -0.143. The van der Waals surface area contributed by atoms with Crippen LogP contribution in [-0.2, 0) is 9.53 Å². The Labute approximate surface area is 150 Å². The van der Waals surface area contributed by atoms with Crippen molar-refractivity contribution < 1.29 is 9.53 Å². The number of carbonyl (C=O) groups excluding carboxylic acids is 1. The summed E-state index contributed by atoms with van der Waals surface area (Å²) in [4.78, 5) is 11.4. The third-order valence-corrected chi connectivity index (χ3v) is 5.59. The van der Waals surface area contributed by atoms with E-state index in [4.69, 9.17) is 4.74 Å². The van der Waals surface area contributed by atoms with Gasteiger partial charge in [0.15, 0.2) is 0 Å². The van der Waals surface area contributed by atoms with Crippen molar-refractivity contribution in [2.24, 2.45) is 0 Å². The van der Waals surface area contributed by atoms with Gasteiger partial charge in [-0.05, 0) is 6.42 Å². The second kappa shape index (κ2) is 19.3. The second-order valence-electron chi connectivity index (χ2n) is 5.81. The van der Waals surface area contributed by atoms with Gasteiger partial charge in [0.1, 0.15) is 0 Å². The predicted molar refractivity (Wildman–Crippen MR) is 103 cm³/mol. The molecular formula is C18H35BrO2S. The molecule has 132 valence electrons. The largest absolute Gasteiger partial charge is 0.466 e. The van der Waals surface area contributed by atoms with Crippen LogP contribution in [0, 0.1) is 0 Å². The van der Waals surface area contributed by atoms with Crippen LogP contribution in [0.4, 0.5) is 0 Å². The molecule has 0 N–H and O–H groups in total. The van der Waals surface area contributed by atoms with E-state index in [1.54, 1.807) is 11.8 Å². The quantitative estimate of drug-likeness (QED) is 0.163. The molecule has 0 atom stereocenters. The summed E-state index contributed by atoms with van der Waals surface area (Å²) < 4.78 is 5.24. The van der Waals surface area contributed by atoms with Gasteiger partial charge in [-0.3, -0.25) is 4.79 Å². The number of unbranched alkanes of at least 4 members (excludes halogenated alkanes) is 10. The van der Waals surface area contributed by atoms with E-state index in [0.717, 1.165) is 23.3 Å². The number of carbonyl (C=O) groups is 1. The van der Waals surface area contributed by atoms with E-state index in [1.165, 1.54) is 64.2 Å². The van der Waals surface area contributed by atoms with E-state index in [2.05, 4.69) is 22.9 Å². The third-order valence-electron chi connectivity index (χ3n) is 3.68. The minimum Gasteiger partial charge on any atom is -0.466 e. The average molecular weight is 395 g/mol. The van der Waals surface area contributed by atoms with Gasteiger partial charge in [0.05, 0.1) is 13.0 Å². The zero-order chi connectivity index (χ0) is 16.3. The first kappa shape index (κ1) is 22.3. The summed E-state index contributed by atoms with van der Waals surface area (Å²) in [5.74, 6) is 1.91. The van der Waals surface area contributed by atoms with Crippen LogP contribution in [0.5, 0.6) is 0 Å². The molecule has 2 nitrogen and oxygen atoms in total. The number of hydrogen-bond acceptors (Lipinski definition) is 3. The topological polar surface area (TPSA) is 26.3 Å². The van der Waals surface area contributed by atoms with Crippen molar-refractivity contribution >= 4 is 33.7 Å². The van der Waals surface area contributed by atoms with Crippen LogP contribution in [0.15, 0.2) is 0 Å². The normalized spacial score (nSPS) is 10.8. The van der Waals surface area contributed by atoms with Crippen molar-refractivity contribution in [3.05, 3.63) is 0 Å². The third kappa shape index (κ3) is 18.3. The highest BCUT2D eigenvalue weighted by molar-refractivity contribution is 9.09. The SMILES string of the molecule is CCCCCCCCCCCCCOC(=O)CCSCCBr. The molecule has 4 heteroatoms. The van der Waals surface area contributed by atoms with Gasteiger partial charge in [0.2, 0.25) is 0 Å². The summed E-state index contributed by atoms with van der Waals surface area (Å²) >= 11 is 5.17. The summed E-state index contributed by atoms with van der Waals surface area (Å²) in [6.07, 6.45) is 15.1. The highest BCUT2D eigenvalue weighted by Crippen LogP contribution is 2.11. The van der Waals surface area contributed by atoms with E-state index in [-0.39, 0.29) is 5.97 Å². The minimum atomic E-state index is -0.0332. The summed E-state index contributed by atoms with van der Waals surface area (Å²) in [5.41, 5.74) is 0. The Kier molecular flexibility index (Phi) is 19.6. The molecule has 0 aromatic rings. The molecule has 22 heavy (non-hydrogen) atoms. The van der Waals surface area contributed by atoms with Crippen molar-refractivity contribution in [1.29, 1.82) is 0 Å². The van der Waals surface area contributed by atoms with Crippen molar-refractivity contribution in [2.75, 3.05) is 23.4 Å². The number of rotatable bonds is 17. The lowest BCUT2D eigenvalue weighted by Gasteiger charge is -2.05. The van der Waals surface area contributed by atoms with E-state index >= 15 is 0 Å². The van der Waals surface area contributed by atoms with Crippen molar-refractivity contribution in [3.63, 3.8) is 0 Å². The average Bonchev–Trinajstić information content (AvgIpc) is 2.52. The molecular weight excluding hydrogens is 360 g/mol. The van der Waals surface area contributed by atoms with Crippen LogP contribution in [0.1, 0.15) is 84.0 Å². The van der Waals surface area contributed by atoms with Crippen LogP contribution in [0.25, 0.3) is 0 Å². The molecule has 0 aliphatic rings. The molecule has 0 aliphatic carbocycles. The number of ether oxygens (including phenoxy) is 1. The number of alkyl halides is 1. The molecule has 0 bridgehead atoms. The Morgan fingerprint density at radius 2 is 1.41 bits per heavy atom. The van der Waals surface area contributed by atoms with Crippen molar-refractivity contribution in [3.8, 4) is 0 Å². The molecule has 0 saturated carbocycles. The predicted octanol–water partition coefficient (Wildman–Crippen LogP) is 6.36. The van der Waals surface area contributed by atoms with Crippen LogP contribution >= 0.6 is 27.7 Å². The summed E-state index contributed by atoms with van der Waals surface area (Å²) in [5, 5.41) is 0.992. The number of esters is 1. The molecule has 0 amide bonds. The monoisotopic (exact) mass is 394 g/mol. The molecule has 0 spiro atoms. The van der Waals surface area contributed by atoms with E-state index < -0.39 is 0 Å². The number of hydrogen-bond donors (Lipinski definition) is 0. The van der Waals surface area contributed by atoms with E-state index in [0.29, 0.717) is 13.0 Å². The first-order chi connectivity index (χ1) is 10.8. The van der Waals surface area contributed by atoms with Gasteiger partial charge in [-0.2, -0.15) is 11.8 Å². The molecule has 0 saturated heterocycles. The Bertz CT molecular complexity index is 237. The highest BCUT2D eigenvalue weighted by atomic mass is 79.9. The molecule has 0 aromatic carbocycles. The van der Waals surface area contributed by atoms with Gasteiger partial charge in [-0.1, -0.05) is 87.1 Å². The maximum atomic E-state index is 11.4. The van der Waals surface area contributed by atoms with Crippen molar-refractivity contribution in [1.82, 2.24) is 0 Å². The molecule has 0 radical (unpaired) electrons. The molecule has 0 fully saturated rings. The summed E-state index contributed by atoms with van der Waals surface area (Å²) in [6.45, 7) is 2.87. The molecule has 0 rings (SSSR count). The van der Waals surface area contributed by atoms with E-state index in [1.807, 2.05) is 0 Å². The first-order valence-corrected chi connectivity index (χ1v) is 11.4. The Balaban J connectivity index is 3.08. The fraction of sp³-hybridized carbons (Fsp3) is 0.944. The van der Waals surface area contributed by atoms with Crippen LogP contribution in [-0.4, -0.2) is 29.4 Å². The standard InChI is InChI=1S/C18H35BrO2S/c1-2-3-4-5-6-7-8-9-10-11-12-15-21-18(20)13-16-22-17-14-19/h2-17H2,1H3. The Morgan fingerprint density at radius 1 is 0.864 bits per heavy atom. The highest BCUT2D eigenvalue weighted by Gasteiger charge is 2.02. The van der Waals surface area contributed by atoms with Crippen LogP contribution in [0.3, 0.4) is 0 Å². The Morgan fingerprint density at radius 3 is 1.95 bits per heavy atom. The molecule has 0 unspecified atom stereocenters. The lowest BCUT2D eigenvalue weighted by Crippen LogP contribution is -2.07. The summed E-state index contributed by atoms with van der Waals surface area (Å²) in [7, 11) is 0. The smallest absolute Gasteiger partial charge is 0.306 e.